The quantitative estimate of drug-likeness (QED) is 0.156. The maximum absolute atomic E-state index is 14.2. The predicted molar refractivity (Wildman–Crippen MR) is 200 cm³/mol. The van der Waals surface area contributed by atoms with E-state index in [2.05, 4.69) is 16.0 Å². The summed E-state index contributed by atoms with van der Waals surface area (Å²) in [6.07, 6.45) is 0.615. The summed E-state index contributed by atoms with van der Waals surface area (Å²) in [7, 11) is 1.94. The van der Waals surface area contributed by atoms with Crippen molar-refractivity contribution in [2.45, 2.75) is 96.6 Å². The van der Waals surface area contributed by atoms with Gasteiger partial charge in [0.15, 0.2) is 0 Å². The Labute approximate surface area is 303 Å². The highest BCUT2D eigenvalue weighted by molar-refractivity contribution is 5.89. The number of alkyl carbamates (subject to hydrolysis) is 1. The predicted octanol–water partition coefficient (Wildman–Crippen LogP) is 5.88. The monoisotopic (exact) mass is 700 g/mol. The molecule has 1 saturated heterocycles. The smallest absolute Gasteiger partial charge is 0.407 e. The van der Waals surface area contributed by atoms with Crippen LogP contribution in [0.25, 0.3) is 0 Å². The molecular weight excluding hydrogens is 644 g/mol. The van der Waals surface area contributed by atoms with Gasteiger partial charge in [-0.25, -0.2) is 4.79 Å². The van der Waals surface area contributed by atoms with Crippen LogP contribution in [0.2, 0.25) is 0 Å². The number of benzene rings is 3. The number of hydrogen-bond donors (Lipinski definition) is 4. The van der Waals surface area contributed by atoms with Crippen LogP contribution in [0, 0.1) is 11.8 Å². The molecule has 0 spiro atoms. The largest absolute Gasteiger partial charge is 0.457 e. The van der Waals surface area contributed by atoms with E-state index in [4.69, 9.17) is 9.47 Å². The van der Waals surface area contributed by atoms with E-state index >= 15 is 0 Å². The van der Waals surface area contributed by atoms with Gasteiger partial charge in [0.05, 0.1) is 12.1 Å². The molecule has 0 aliphatic carbocycles. The number of piperidine rings is 1. The highest BCUT2D eigenvalue weighted by Gasteiger charge is 2.35. The highest BCUT2D eigenvalue weighted by Crippen LogP contribution is 2.25. The number of ether oxygens (including phenoxy) is 2. The van der Waals surface area contributed by atoms with E-state index < -0.39 is 35.8 Å². The van der Waals surface area contributed by atoms with Gasteiger partial charge in [0.25, 0.3) is 0 Å². The maximum atomic E-state index is 14.2. The molecule has 10 nitrogen and oxygen atoms in total. The first-order chi connectivity index (χ1) is 24.3. The van der Waals surface area contributed by atoms with Gasteiger partial charge >= 0.3 is 6.09 Å². The second-order valence-electron chi connectivity index (χ2n) is 14.8. The summed E-state index contributed by atoms with van der Waals surface area (Å²) in [5, 5.41) is 21.0. The molecule has 0 saturated carbocycles. The first-order valence-electron chi connectivity index (χ1n) is 18.1. The van der Waals surface area contributed by atoms with Gasteiger partial charge in [0, 0.05) is 25.0 Å². The van der Waals surface area contributed by atoms with Crippen molar-refractivity contribution >= 4 is 17.9 Å². The standard InChI is InChI=1S/C41H56N4O6/c1-28(2)37(39(48)45-23-21-32(42-6)22-24-45)44-38(47)31(25-30-17-19-34(20-18-30)50-33-15-11-8-12-16-33)27-36(46)35(26-29-13-9-7-10-14-29)43-40(49)51-41(3,4)5/h7-20,28,31-32,35-37,42,46H,21-27H2,1-6H3,(H,43,49)(H,44,47). The molecule has 1 aliphatic heterocycles. The van der Waals surface area contributed by atoms with Crippen LogP contribution in [0.3, 0.4) is 0 Å². The van der Waals surface area contributed by atoms with Gasteiger partial charge in [-0.15, -0.1) is 0 Å². The van der Waals surface area contributed by atoms with Crippen molar-refractivity contribution in [2.75, 3.05) is 20.1 Å². The normalized spacial score (nSPS) is 16.1. The molecule has 4 unspecified atom stereocenters. The van der Waals surface area contributed by atoms with Gasteiger partial charge in [-0.1, -0.05) is 74.5 Å². The lowest BCUT2D eigenvalue weighted by Crippen LogP contribution is -2.55. The molecule has 4 rings (SSSR count). The molecule has 3 aromatic rings. The second kappa shape index (κ2) is 18.7. The van der Waals surface area contributed by atoms with E-state index in [9.17, 15) is 19.5 Å². The zero-order chi connectivity index (χ0) is 37.0. The van der Waals surface area contributed by atoms with E-state index in [0.717, 1.165) is 24.0 Å². The van der Waals surface area contributed by atoms with E-state index in [1.807, 2.05) is 111 Å². The fourth-order valence-corrected chi connectivity index (χ4v) is 6.32. The molecule has 0 bridgehead atoms. The van der Waals surface area contributed by atoms with Crippen molar-refractivity contribution in [1.82, 2.24) is 20.9 Å². The minimum absolute atomic E-state index is 0.0357. The zero-order valence-corrected chi connectivity index (χ0v) is 30.9. The fourth-order valence-electron chi connectivity index (χ4n) is 6.32. The van der Waals surface area contributed by atoms with Gasteiger partial charge in [-0.05, 0) is 101 Å². The van der Waals surface area contributed by atoms with Crippen LogP contribution in [-0.4, -0.2) is 77.9 Å². The number of aliphatic hydroxyl groups is 1. The second-order valence-corrected chi connectivity index (χ2v) is 14.8. The summed E-state index contributed by atoms with van der Waals surface area (Å²) in [5.74, 6) is 0.0802. The molecular formula is C41H56N4O6. The molecule has 0 aromatic heterocycles. The van der Waals surface area contributed by atoms with E-state index in [1.165, 1.54) is 0 Å². The minimum atomic E-state index is -1.11. The van der Waals surface area contributed by atoms with Crippen molar-refractivity contribution in [1.29, 1.82) is 0 Å². The molecule has 276 valence electrons. The first-order valence-corrected chi connectivity index (χ1v) is 18.1. The van der Waals surface area contributed by atoms with Crippen molar-refractivity contribution in [3.05, 3.63) is 96.1 Å². The Morgan fingerprint density at radius 3 is 1.96 bits per heavy atom. The van der Waals surface area contributed by atoms with Gasteiger partial charge in [-0.3, -0.25) is 9.59 Å². The average molecular weight is 701 g/mol. The number of hydrogen-bond acceptors (Lipinski definition) is 7. The van der Waals surface area contributed by atoms with Crippen molar-refractivity contribution < 1.29 is 29.0 Å². The SMILES string of the molecule is CNC1CCN(C(=O)C(NC(=O)C(Cc2ccc(Oc3ccccc3)cc2)CC(O)C(Cc2ccccc2)NC(=O)OC(C)(C)C)C(C)C)CC1. The Kier molecular flexibility index (Phi) is 14.5. The molecule has 10 heteroatoms. The van der Waals surface area contributed by atoms with Crippen molar-refractivity contribution in [3.8, 4) is 11.5 Å². The number of carbonyl (C=O) groups is 3. The van der Waals surface area contributed by atoms with Crippen LogP contribution in [0.1, 0.15) is 65.0 Å². The summed E-state index contributed by atoms with van der Waals surface area (Å²) < 4.78 is 11.5. The van der Waals surface area contributed by atoms with Crippen LogP contribution >= 0.6 is 0 Å². The summed E-state index contributed by atoms with van der Waals surface area (Å²) in [4.78, 5) is 42.8. The molecule has 1 aliphatic rings. The lowest BCUT2D eigenvalue weighted by atomic mass is 9.88. The Hall–Kier alpha value is -4.41. The topological polar surface area (TPSA) is 129 Å². The third-order valence-corrected chi connectivity index (χ3v) is 9.19. The maximum Gasteiger partial charge on any atom is 0.407 e. The number of aliphatic hydroxyl groups excluding tert-OH is 1. The summed E-state index contributed by atoms with van der Waals surface area (Å²) in [6.45, 7) is 10.4. The lowest BCUT2D eigenvalue weighted by Gasteiger charge is -2.36. The third kappa shape index (κ3) is 12.7. The molecule has 51 heavy (non-hydrogen) atoms. The van der Waals surface area contributed by atoms with Crippen LogP contribution in [0.5, 0.6) is 11.5 Å². The molecule has 1 fully saturated rings. The highest BCUT2D eigenvalue weighted by atomic mass is 16.6. The van der Waals surface area contributed by atoms with Crippen LogP contribution in [0.15, 0.2) is 84.9 Å². The molecule has 3 aromatic carbocycles. The van der Waals surface area contributed by atoms with Crippen molar-refractivity contribution in [2.24, 2.45) is 11.8 Å². The molecule has 0 radical (unpaired) electrons. The number of rotatable bonds is 15. The molecule has 1 heterocycles. The number of amides is 3. The summed E-state index contributed by atoms with van der Waals surface area (Å²) >= 11 is 0. The van der Waals surface area contributed by atoms with Crippen LogP contribution < -0.4 is 20.7 Å². The lowest BCUT2D eigenvalue weighted by molar-refractivity contribution is -0.139. The van der Waals surface area contributed by atoms with Gasteiger partial charge in [0.1, 0.15) is 23.1 Å². The van der Waals surface area contributed by atoms with E-state index in [1.54, 1.807) is 20.8 Å². The van der Waals surface area contributed by atoms with Gasteiger partial charge in [-0.2, -0.15) is 0 Å². The number of nitrogens with one attached hydrogen (secondary N) is 3. The van der Waals surface area contributed by atoms with Crippen molar-refractivity contribution in [3.63, 3.8) is 0 Å². The summed E-state index contributed by atoms with van der Waals surface area (Å²) in [5.41, 5.74) is 1.05. The Morgan fingerprint density at radius 1 is 0.824 bits per heavy atom. The zero-order valence-electron chi connectivity index (χ0n) is 30.9. The van der Waals surface area contributed by atoms with Gasteiger partial charge in [0.2, 0.25) is 11.8 Å². The number of carbonyl (C=O) groups excluding carboxylic acids is 3. The number of likely N-dealkylation sites (tertiary alicyclic amines) is 1. The Morgan fingerprint density at radius 2 is 1.39 bits per heavy atom. The third-order valence-electron chi connectivity index (χ3n) is 9.19. The molecule has 4 N–H and O–H groups in total. The van der Waals surface area contributed by atoms with Gasteiger partial charge < -0.3 is 35.4 Å². The van der Waals surface area contributed by atoms with E-state index in [-0.39, 0.29) is 24.2 Å². The number of para-hydroxylation sites is 1. The van der Waals surface area contributed by atoms with Crippen LogP contribution in [-0.2, 0) is 27.2 Å². The number of nitrogens with zero attached hydrogens (tertiary/aromatic N) is 1. The Bertz CT molecular complexity index is 1520. The first kappa shape index (κ1) is 39.4. The Balaban J connectivity index is 1.56. The fraction of sp³-hybridized carbons (Fsp3) is 0.488. The average Bonchev–Trinajstić information content (AvgIpc) is 3.10. The van der Waals surface area contributed by atoms with E-state index in [0.29, 0.717) is 43.5 Å². The minimum Gasteiger partial charge on any atom is -0.457 e. The van der Waals surface area contributed by atoms with Crippen LogP contribution in [0.4, 0.5) is 4.79 Å². The molecule has 4 atom stereocenters. The summed E-state index contributed by atoms with van der Waals surface area (Å²) in [6, 6.07) is 25.5. The molecule has 3 amide bonds.